The van der Waals surface area contributed by atoms with Crippen LogP contribution in [-0.4, -0.2) is 41.2 Å². The number of allylic oxidation sites excluding steroid dienone is 1. The number of aliphatic hydroxyl groups is 3. The molecule has 0 heterocycles. The van der Waals surface area contributed by atoms with Gasteiger partial charge in [-0.1, -0.05) is 0 Å². The van der Waals surface area contributed by atoms with E-state index in [1.807, 2.05) is 0 Å². The van der Waals surface area contributed by atoms with Crippen LogP contribution in [0.25, 0.3) is 0 Å². The van der Waals surface area contributed by atoms with Crippen molar-refractivity contribution in [2.24, 2.45) is 0 Å². The lowest BCUT2D eigenvalue weighted by Gasteiger charge is -2.09. The van der Waals surface area contributed by atoms with Gasteiger partial charge in [0.05, 0.1) is 19.0 Å². The largest absolute Gasteiger partial charge is 0.496 e. The summed E-state index contributed by atoms with van der Waals surface area (Å²) < 4.78 is 4.93. The SMILES string of the molecule is C/C(=C\CO)OCC(O)CO. The highest BCUT2D eigenvalue weighted by atomic mass is 16.5. The van der Waals surface area contributed by atoms with Gasteiger partial charge in [0.1, 0.15) is 12.7 Å². The quantitative estimate of drug-likeness (QED) is 0.465. The first kappa shape index (κ1) is 10.4. The predicted octanol–water partition coefficient (Wildman–Crippen LogP) is -0.748. The summed E-state index contributed by atoms with van der Waals surface area (Å²) in [5.41, 5.74) is 0. The topological polar surface area (TPSA) is 69.9 Å². The normalized spacial score (nSPS) is 14.7. The summed E-state index contributed by atoms with van der Waals surface area (Å²) in [5.74, 6) is 0.542. The fraction of sp³-hybridized carbons (Fsp3) is 0.714. The zero-order valence-electron chi connectivity index (χ0n) is 6.53. The van der Waals surface area contributed by atoms with Crippen LogP contribution < -0.4 is 0 Å². The van der Waals surface area contributed by atoms with Gasteiger partial charge in [0.25, 0.3) is 0 Å². The molecular formula is C7H14O4. The fourth-order valence-corrected chi connectivity index (χ4v) is 0.468. The van der Waals surface area contributed by atoms with Crippen molar-refractivity contribution in [1.29, 1.82) is 0 Å². The molecule has 1 unspecified atom stereocenters. The molecule has 1 atom stereocenters. The van der Waals surface area contributed by atoms with E-state index in [1.165, 1.54) is 6.08 Å². The van der Waals surface area contributed by atoms with E-state index in [-0.39, 0.29) is 19.8 Å². The Bertz CT molecular complexity index is 122. The minimum absolute atomic E-state index is 0.0544. The van der Waals surface area contributed by atoms with Gasteiger partial charge in [-0.3, -0.25) is 0 Å². The molecule has 0 aliphatic heterocycles. The van der Waals surface area contributed by atoms with Gasteiger partial charge < -0.3 is 20.1 Å². The second-order valence-electron chi connectivity index (χ2n) is 2.14. The fourth-order valence-electron chi connectivity index (χ4n) is 0.468. The van der Waals surface area contributed by atoms with E-state index >= 15 is 0 Å². The summed E-state index contributed by atoms with van der Waals surface area (Å²) in [4.78, 5) is 0. The van der Waals surface area contributed by atoms with Crippen molar-refractivity contribution >= 4 is 0 Å². The Morgan fingerprint density at radius 3 is 2.64 bits per heavy atom. The molecule has 0 fully saturated rings. The Balaban J connectivity index is 3.45. The van der Waals surface area contributed by atoms with Crippen molar-refractivity contribution in [3.05, 3.63) is 11.8 Å². The summed E-state index contributed by atoms with van der Waals surface area (Å²) in [7, 11) is 0. The Labute approximate surface area is 65.7 Å². The lowest BCUT2D eigenvalue weighted by molar-refractivity contribution is 0.0301. The lowest BCUT2D eigenvalue weighted by atomic mass is 10.4. The molecule has 4 heteroatoms. The van der Waals surface area contributed by atoms with E-state index in [9.17, 15) is 0 Å². The van der Waals surface area contributed by atoms with E-state index < -0.39 is 6.10 Å². The lowest BCUT2D eigenvalue weighted by Crippen LogP contribution is -2.18. The van der Waals surface area contributed by atoms with Crippen LogP contribution >= 0.6 is 0 Å². The molecular weight excluding hydrogens is 148 g/mol. The Kier molecular flexibility index (Phi) is 5.83. The summed E-state index contributed by atoms with van der Waals surface area (Å²) in [6.07, 6.45) is 0.626. The number of rotatable bonds is 5. The summed E-state index contributed by atoms with van der Waals surface area (Å²) in [6, 6.07) is 0. The van der Waals surface area contributed by atoms with Crippen LogP contribution in [0.1, 0.15) is 6.92 Å². The van der Waals surface area contributed by atoms with Gasteiger partial charge in [0.15, 0.2) is 0 Å². The van der Waals surface area contributed by atoms with Gasteiger partial charge in [-0.05, 0) is 13.0 Å². The highest BCUT2D eigenvalue weighted by Crippen LogP contribution is 1.95. The third kappa shape index (κ3) is 5.84. The third-order valence-electron chi connectivity index (χ3n) is 1.09. The van der Waals surface area contributed by atoms with Gasteiger partial charge in [-0.2, -0.15) is 0 Å². The van der Waals surface area contributed by atoms with Crippen molar-refractivity contribution in [3.8, 4) is 0 Å². The van der Waals surface area contributed by atoms with Crippen molar-refractivity contribution in [2.45, 2.75) is 13.0 Å². The second kappa shape index (κ2) is 6.15. The third-order valence-corrected chi connectivity index (χ3v) is 1.09. The number of hydrogen-bond donors (Lipinski definition) is 3. The van der Waals surface area contributed by atoms with Gasteiger partial charge in [-0.25, -0.2) is 0 Å². The molecule has 0 aliphatic rings. The minimum atomic E-state index is -0.850. The van der Waals surface area contributed by atoms with Crippen molar-refractivity contribution in [2.75, 3.05) is 19.8 Å². The average Bonchev–Trinajstić information content (AvgIpc) is 2.01. The van der Waals surface area contributed by atoms with Crippen LogP contribution in [0, 0.1) is 0 Å². The second-order valence-corrected chi connectivity index (χ2v) is 2.14. The minimum Gasteiger partial charge on any atom is -0.496 e. The summed E-state index contributed by atoms with van der Waals surface area (Å²) in [5, 5.41) is 25.6. The highest BCUT2D eigenvalue weighted by Gasteiger charge is 2.01. The van der Waals surface area contributed by atoms with Crippen LogP contribution in [0.5, 0.6) is 0 Å². The molecule has 0 rings (SSSR count). The van der Waals surface area contributed by atoms with E-state index in [1.54, 1.807) is 6.92 Å². The van der Waals surface area contributed by atoms with Gasteiger partial charge in [0.2, 0.25) is 0 Å². The molecule has 66 valence electrons. The van der Waals surface area contributed by atoms with Gasteiger partial charge >= 0.3 is 0 Å². The van der Waals surface area contributed by atoms with Crippen LogP contribution in [0.2, 0.25) is 0 Å². The predicted molar refractivity (Wildman–Crippen MR) is 39.9 cm³/mol. The van der Waals surface area contributed by atoms with Crippen LogP contribution in [0.4, 0.5) is 0 Å². The average molecular weight is 162 g/mol. The molecule has 4 nitrogen and oxygen atoms in total. The van der Waals surface area contributed by atoms with Crippen LogP contribution in [0.3, 0.4) is 0 Å². The smallest absolute Gasteiger partial charge is 0.116 e. The molecule has 0 aromatic carbocycles. The molecule has 0 aromatic rings. The Morgan fingerprint density at radius 2 is 2.18 bits per heavy atom. The number of aliphatic hydroxyl groups excluding tert-OH is 3. The van der Waals surface area contributed by atoms with E-state index in [4.69, 9.17) is 20.1 Å². The first-order valence-corrected chi connectivity index (χ1v) is 3.40. The molecule has 0 saturated carbocycles. The maximum absolute atomic E-state index is 8.81. The molecule has 0 aromatic heterocycles. The Morgan fingerprint density at radius 1 is 1.55 bits per heavy atom. The maximum Gasteiger partial charge on any atom is 0.116 e. The molecule has 0 aliphatic carbocycles. The molecule has 0 saturated heterocycles. The zero-order chi connectivity index (χ0) is 8.69. The van der Waals surface area contributed by atoms with Gasteiger partial charge in [-0.15, -0.1) is 0 Å². The molecule has 0 spiro atoms. The zero-order valence-corrected chi connectivity index (χ0v) is 6.53. The number of hydrogen-bond acceptors (Lipinski definition) is 4. The monoisotopic (exact) mass is 162 g/mol. The maximum atomic E-state index is 8.81. The van der Waals surface area contributed by atoms with E-state index in [2.05, 4.69) is 0 Å². The summed E-state index contributed by atoms with van der Waals surface area (Å²) >= 11 is 0. The van der Waals surface area contributed by atoms with Crippen molar-refractivity contribution < 1.29 is 20.1 Å². The summed E-state index contributed by atoms with van der Waals surface area (Å²) in [6.45, 7) is 1.33. The first-order valence-electron chi connectivity index (χ1n) is 3.40. The van der Waals surface area contributed by atoms with Crippen LogP contribution in [-0.2, 0) is 4.74 Å². The van der Waals surface area contributed by atoms with Crippen molar-refractivity contribution in [1.82, 2.24) is 0 Å². The standard InChI is InChI=1S/C7H14O4/c1-6(2-3-8)11-5-7(10)4-9/h2,7-10H,3-5H2,1H3/b6-2+. The molecule has 3 N–H and O–H groups in total. The van der Waals surface area contributed by atoms with E-state index in [0.717, 1.165) is 0 Å². The first-order chi connectivity index (χ1) is 5.20. The molecule has 0 amide bonds. The molecule has 0 bridgehead atoms. The Hall–Kier alpha value is -0.580. The molecule has 0 radical (unpaired) electrons. The van der Waals surface area contributed by atoms with Crippen LogP contribution in [0.15, 0.2) is 11.8 Å². The highest BCUT2D eigenvalue weighted by molar-refractivity contribution is 4.87. The van der Waals surface area contributed by atoms with Crippen molar-refractivity contribution in [3.63, 3.8) is 0 Å². The van der Waals surface area contributed by atoms with Gasteiger partial charge in [0, 0.05) is 0 Å². The van der Waals surface area contributed by atoms with E-state index in [0.29, 0.717) is 5.76 Å². The molecule has 11 heavy (non-hydrogen) atoms. The number of ether oxygens (including phenoxy) is 1.